The first-order valence-electron chi connectivity index (χ1n) is 3.62. The molecule has 1 aromatic carbocycles. The highest BCUT2D eigenvalue weighted by Crippen LogP contribution is 2.30. The molecule has 0 aliphatic carbocycles. The van der Waals surface area contributed by atoms with Crippen molar-refractivity contribution in [2.45, 2.75) is 0 Å². The summed E-state index contributed by atoms with van der Waals surface area (Å²) in [7, 11) is 0. The van der Waals surface area contributed by atoms with Gasteiger partial charge in [-0.25, -0.2) is 4.79 Å². The van der Waals surface area contributed by atoms with Crippen LogP contribution in [-0.4, -0.2) is 16.2 Å². The second-order valence-corrected chi connectivity index (χ2v) is 3.54. The van der Waals surface area contributed by atoms with Gasteiger partial charge in [-0.1, -0.05) is 0 Å². The number of thiophene rings is 1. The van der Waals surface area contributed by atoms with Crippen LogP contribution in [0.1, 0.15) is 10.4 Å². The van der Waals surface area contributed by atoms with Gasteiger partial charge in [0.25, 0.3) is 0 Å². The molecule has 0 amide bonds. The molecule has 0 saturated heterocycles. The van der Waals surface area contributed by atoms with Gasteiger partial charge in [0, 0.05) is 10.1 Å². The Bertz CT molecular complexity index is 473. The minimum atomic E-state index is -1.10. The third-order valence-electron chi connectivity index (χ3n) is 1.83. The number of benzene rings is 1. The fourth-order valence-corrected chi connectivity index (χ4v) is 2.05. The van der Waals surface area contributed by atoms with E-state index >= 15 is 0 Å². The maximum absolute atomic E-state index is 10.8. The smallest absolute Gasteiger partial charge is 0.340 e. The fraction of sp³-hybridized carbons (Fsp3) is 0. The van der Waals surface area contributed by atoms with Crippen molar-refractivity contribution in [3.63, 3.8) is 0 Å². The van der Waals surface area contributed by atoms with Crippen molar-refractivity contribution >= 4 is 27.4 Å². The lowest BCUT2D eigenvalue weighted by molar-refractivity contribution is 0.0696. The van der Waals surface area contributed by atoms with Crippen LogP contribution in [0.5, 0.6) is 5.75 Å². The zero-order chi connectivity index (χ0) is 9.42. The van der Waals surface area contributed by atoms with Gasteiger partial charge >= 0.3 is 5.97 Å². The number of phenols is 1. The first-order valence-corrected chi connectivity index (χ1v) is 4.50. The topological polar surface area (TPSA) is 57.5 Å². The molecule has 3 nitrogen and oxygen atoms in total. The Hall–Kier alpha value is -1.55. The molecule has 0 radical (unpaired) electrons. The molecule has 1 heterocycles. The second-order valence-electron chi connectivity index (χ2n) is 2.60. The van der Waals surface area contributed by atoms with Crippen LogP contribution in [0.4, 0.5) is 0 Å². The Morgan fingerprint density at radius 3 is 2.77 bits per heavy atom. The van der Waals surface area contributed by atoms with E-state index in [-0.39, 0.29) is 11.3 Å². The monoisotopic (exact) mass is 194 g/mol. The minimum Gasteiger partial charge on any atom is -0.507 e. The van der Waals surface area contributed by atoms with Crippen LogP contribution in [0.2, 0.25) is 0 Å². The Balaban J connectivity index is 2.88. The van der Waals surface area contributed by atoms with E-state index in [1.807, 2.05) is 0 Å². The summed E-state index contributed by atoms with van der Waals surface area (Å²) in [6.07, 6.45) is 0. The first-order chi connectivity index (χ1) is 6.20. The third kappa shape index (κ3) is 1.15. The standard InChI is InChI=1S/C9H6O3S/c10-6-1-2-7-5(3-4-13-7)8(6)9(11)12/h1-4,10H,(H,11,12). The lowest BCUT2D eigenvalue weighted by Crippen LogP contribution is -1.96. The summed E-state index contributed by atoms with van der Waals surface area (Å²) < 4.78 is 0.871. The number of carboxylic acids is 1. The molecule has 2 aromatic rings. The molecule has 0 unspecified atom stereocenters. The van der Waals surface area contributed by atoms with Gasteiger partial charge in [-0.3, -0.25) is 0 Å². The first kappa shape index (κ1) is 8.07. The number of carboxylic acid groups (broad SMARTS) is 1. The van der Waals surface area contributed by atoms with Crippen LogP contribution >= 0.6 is 11.3 Å². The molecule has 0 spiro atoms. The van der Waals surface area contributed by atoms with E-state index in [0.29, 0.717) is 5.39 Å². The molecule has 0 fully saturated rings. The minimum absolute atomic E-state index is 0.0150. The van der Waals surface area contributed by atoms with E-state index in [9.17, 15) is 9.90 Å². The van der Waals surface area contributed by atoms with Crippen molar-refractivity contribution in [3.8, 4) is 5.75 Å². The maximum atomic E-state index is 10.8. The molecule has 2 rings (SSSR count). The predicted octanol–water partition coefficient (Wildman–Crippen LogP) is 2.31. The largest absolute Gasteiger partial charge is 0.507 e. The lowest BCUT2D eigenvalue weighted by Gasteiger charge is -1.99. The van der Waals surface area contributed by atoms with Crippen molar-refractivity contribution in [1.82, 2.24) is 0 Å². The molecule has 13 heavy (non-hydrogen) atoms. The quantitative estimate of drug-likeness (QED) is 0.732. The van der Waals surface area contributed by atoms with Gasteiger partial charge in [-0.2, -0.15) is 0 Å². The molecule has 0 atom stereocenters. The van der Waals surface area contributed by atoms with Crippen molar-refractivity contribution in [2.24, 2.45) is 0 Å². The highest BCUT2D eigenvalue weighted by Gasteiger charge is 2.13. The van der Waals surface area contributed by atoms with Crippen molar-refractivity contribution < 1.29 is 15.0 Å². The summed E-state index contributed by atoms with van der Waals surface area (Å²) >= 11 is 1.45. The van der Waals surface area contributed by atoms with Crippen LogP contribution in [0, 0.1) is 0 Å². The SMILES string of the molecule is O=C(O)c1c(O)ccc2sccc12. The number of hydrogen-bond acceptors (Lipinski definition) is 3. The van der Waals surface area contributed by atoms with Crippen LogP contribution in [0.15, 0.2) is 23.6 Å². The summed E-state index contributed by atoms with van der Waals surface area (Å²) in [5, 5.41) is 20.5. The van der Waals surface area contributed by atoms with Gasteiger partial charge in [-0.05, 0) is 23.6 Å². The lowest BCUT2D eigenvalue weighted by atomic mass is 10.1. The van der Waals surface area contributed by atoms with Gasteiger partial charge < -0.3 is 10.2 Å². The summed E-state index contributed by atoms with van der Waals surface area (Å²) in [4.78, 5) is 10.8. The third-order valence-corrected chi connectivity index (χ3v) is 2.71. The second kappa shape index (κ2) is 2.74. The maximum Gasteiger partial charge on any atom is 0.340 e. The van der Waals surface area contributed by atoms with Crippen LogP contribution in [-0.2, 0) is 0 Å². The van der Waals surface area contributed by atoms with E-state index in [4.69, 9.17) is 5.11 Å². The van der Waals surface area contributed by atoms with E-state index in [1.54, 1.807) is 17.5 Å². The molecule has 0 saturated carbocycles. The highest BCUT2D eigenvalue weighted by atomic mass is 32.1. The fourth-order valence-electron chi connectivity index (χ4n) is 1.26. The molecule has 66 valence electrons. The number of rotatable bonds is 1. The van der Waals surface area contributed by atoms with Gasteiger partial charge in [0.1, 0.15) is 11.3 Å². The van der Waals surface area contributed by atoms with Gasteiger partial charge in [0.15, 0.2) is 0 Å². The number of aromatic carboxylic acids is 1. The Labute approximate surface area is 77.9 Å². The number of fused-ring (bicyclic) bond motifs is 1. The average molecular weight is 194 g/mol. The van der Waals surface area contributed by atoms with E-state index in [1.165, 1.54) is 17.4 Å². The Kier molecular flexibility index (Phi) is 1.70. The summed E-state index contributed by atoms with van der Waals surface area (Å²) in [5.74, 6) is -1.28. The molecule has 0 aliphatic heterocycles. The molecule has 0 aliphatic rings. The molecular formula is C9H6O3S. The summed E-state index contributed by atoms with van der Waals surface area (Å²) in [6, 6.07) is 4.81. The van der Waals surface area contributed by atoms with Crippen LogP contribution < -0.4 is 0 Å². The van der Waals surface area contributed by atoms with Gasteiger partial charge in [0.2, 0.25) is 0 Å². The predicted molar refractivity (Wildman–Crippen MR) is 50.4 cm³/mol. The van der Waals surface area contributed by atoms with Crippen LogP contribution in [0.25, 0.3) is 10.1 Å². The normalized spacial score (nSPS) is 10.5. The van der Waals surface area contributed by atoms with Crippen LogP contribution in [0.3, 0.4) is 0 Å². The zero-order valence-electron chi connectivity index (χ0n) is 6.52. The van der Waals surface area contributed by atoms with E-state index in [0.717, 1.165) is 4.70 Å². The molecule has 2 N–H and O–H groups in total. The molecule has 4 heteroatoms. The highest BCUT2D eigenvalue weighted by molar-refractivity contribution is 7.17. The van der Waals surface area contributed by atoms with Gasteiger partial charge in [0.05, 0.1) is 0 Å². The molecule has 1 aromatic heterocycles. The molecule has 0 bridgehead atoms. The number of hydrogen-bond donors (Lipinski definition) is 2. The zero-order valence-corrected chi connectivity index (χ0v) is 7.34. The van der Waals surface area contributed by atoms with E-state index < -0.39 is 5.97 Å². The molecular weight excluding hydrogens is 188 g/mol. The number of aromatic hydroxyl groups is 1. The van der Waals surface area contributed by atoms with Crippen molar-refractivity contribution in [1.29, 1.82) is 0 Å². The van der Waals surface area contributed by atoms with Gasteiger partial charge in [-0.15, -0.1) is 11.3 Å². The summed E-state index contributed by atoms with van der Waals surface area (Å²) in [6.45, 7) is 0. The van der Waals surface area contributed by atoms with Crippen molar-refractivity contribution in [3.05, 3.63) is 29.1 Å². The Morgan fingerprint density at radius 2 is 2.08 bits per heavy atom. The van der Waals surface area contributed by atoms with Crippen molar-refractivity contribution in [2.75, 3.05) is 0 Å². The van der Waals surface area contributed by atoms with E-state index in [2.05, 4.69) is 0 Å². The average Bonchev–Trinajstić information content (AvgIpc) is 2.50. The number of carbonyl (C=O) groups is 1. The Morgan fingerprint density at radius 1 is 1.31 bits per heavy atom. The summed E-state index contributed by atoms with van der Waals surface area (Å²) in [5.41, 5.74) is -0.0150.